The second-order valence-electron chi connectivity index (χ2n) is 2.86. The first kappa shape index (κ1) is 11.2. The lowest BCUT2D eigenvalue weighted by Crippen LogP contribution is -2.38. The molecule has 1 rings (SSSR count). The average Bonchev–Trinajstić information content (AvgIpc) is 2.66. The van der Waals surface area contributed by atoms with Gasteiger partial charge in [-0.3, -0.25) is 9.48 Å². The summed E-state index contributed by atoms with van der Waals surface area (Å²) < 4.78 is 1.39. The summed E-state index contributed by atoms with van der Waals surface area (Å²) in [5.41, 5.74) is 0. The predicted molar refractivity (Wildman–Crippen MR) is 48.9 cm³/mol. The molecular formula is C8H11N3O4. The minimum absolute atomic E-state index is 0.000656. The van der Waals surface area contributed by atoms with Crippen LogP contribution in [0, 0.1) is 0 Å². The van der Waals surface area contributed by atoms with Crippen molar-refractivity contribution in [3.63, 3.8) is 0 Å². The van der Waals surface area contributed by atoms with E-state index in [1.165, 1.54) is 10.9 Å². The smallest absolute Gasteiger partial charge is 0.334 e. The van der Waals surface area contributed by atoms with Crippen molar-refractivity contribution >= 4 is 11.9 Å². The number of carbonyl (C=O) groups excluding carboxylic acids is 1. The van der Waals surface area contributed by atoms with Gasteiger partial charge in [-0.2, -0.15) is 5.10 Å². The van der Waals surface area contributed by atoms with Gasteiger partial charge in [0.2, 0.25) is 5.91 Å². The van der Waals surface area contributed by atoms with E-state index in [1.54, 1.807) is 12.3 Å². The molecular weight excluding hydrogens is 202 g/mol. The number of nitrogens with one attached hydrogen (secondary N) is 1. The summed E-state index contributed by atoms with van der Waals surface area (Å²) in [6, 6.07) is 1.67. The fourth-order valence-corrected chi connectivity index (χ4v) is 0.895. The molecule has 0 aliphatic rings. The number of hydrogen-bond donors (Lipinski definition) is 3. The third-order valence-corrected chi connectivity index (χ3v) is 1.64. The summed E-state index contributed by atoms with van der Waals surface area (Å²) in [7, 11) is 0. The molecule has 0 spiro atoms. The maximum Gasteiger partial charge on any atom is 0.334 e. The fourth-order valence-electron chi connectivity index (χ4n) is 0.895. The molecule has 0 fully saturated rings. The van der Waals surface area contributed by atoms with Gasteiger partial charge in [0.25, 0.3) is 0 Å². The molecule has 1 heterocycles. The van der Waals surface area contributed by atoms with Gasteiger partial charge in [-0.1, -0.05) is 0 Å². The van der Waals surface area contributed by atoms with E-state index in [1.807, 2.05) is 0 Å². The van der Waals surface area contributed by atoms with Crippen molar-refractivity contribution in [2.75, 3.05) is 6.54 Å². The van der Waals surface area contributed by atoms with E-state index in [-0.39, 0.29) is 13.1 Å². The Bertz CT molecular complexity index is 336. The van der Waals surface area contributed by atoms with Gasteiger partial charge in [-0.25, -0.2) is 4.79 Å². The number of carboxylic acids is 1. The SMILES string of the molecule is O=C(Cn1cccn1)NC[C@H](O)C(=O)O. The van der Waals surface area contributed by atoms with Crippen molar-refractivity contribution < 1.29 is 19.8 Å². The van der Waals surface area contributed by atoms with E-state index in [4.69, 9.17) is 10.2 Å². The summed E-state index contributed by atoms with van der Waals surface area (Å²) in [4.78, 5) is 21.4. The quantitative estimate of drug-likeness (QED) is 0.549. The molecule has 1 aromatic heterocycles. The van der Waals surface area contributed by atoms with E-state index in [2.05, 4.69) is 10.4 Å². The Hall–Kier alpha value is -1.89. The molecule has 15 heavy (non-hydrogen) atoms. The number of nitrogens with zero attached hydrogens (tertiary/aromatic N) is 2. The Morgan fingerprint density at radius 3 is 2.80 bits per heavy atom. The van der Waals surface area contributed by atoms with Crippen LogP contribution in [0.15, 0.2) is 18.5 Å². The van der Waals surface area contributed by atoms with E-state index in [9.17, 15) is 9.59 Å². The largest absolute Gasteiger partial charge is 0.479 e. The van der Waals surface area contributed by atoms with Gasteiger partial charge in [-0.15, -0.1) is 0 Å². The number of aromatic nitrogens is 2. The molecule has 0 saturated carbocycles. The molecule has 0 radical (unpaired) electrons. The van der Waals surface area contributed by atoms with Crippen molar-refractivity contribution in [2.45, 2.75) is 12.6 Å². The van der Waals surface area contributed by atoms with Crippen molar-refractivity contribution in [1.29, 1.82) is 0 Å². The Morgan fingerprint density at radius 1 is 1.53 bits per heavy atom. The summed E-state index contributed by atoms with van der Waals surface area (Å²) in [5, 5.41) is 23.3. The van der Waals surface area contributed by atoms with Crippen molar-refractivity contribution in [3.05, 3.63) is 18.5 Å². The molecule has 0 bridgehead atoms. The van der Waals surface area contributed by atoms with Gasteiger partial charge >= 0.3 is 5.97 Å². The molecule has 0 aliphatic heterocycles. The number of aliphatic hydroxyl groups excluding tert-OH is 1. The van der Waals surface area contributed by atoms with Crippen LogP contribution in [0.25, 0.3) is 0 Å². The van der Waals surface area contributed by atoms with E-state index in [0.717, 1.165) is 0 Å². The molecule has 1 aromatic rings. The minimum Gasteiger partial charge on any atom is -0.479 e. The highest BCUT2D eigenvalue weighted by Crippen LogP contribution is 1.85. The number of aliphatic hydroxyl groups is 1. The average molecular weight is 213 g/mol. The van der Waals surface area contributed by atoms with Crippen LogP contribution in [-0.2, 0) is 16.1 Å². The van der Waals surface area contributed by atoms with Crippen LogP contribution >= 0.6 is 0 Å². The number of carbonyl (C=O) groups is 2. The lowest BCUT2D eigenvalue weighted by Gasteiger charge is -2.07. The number of rotatable bonds is 5. The third-order valence-electron chi connectivity index (χ3n) is 1.64. The summed E-state index contributed by atoms with van der Waals surface area (Å²) >= 11 is 0. The van der Waals surface area contributed by atoms with Crippen LogP contribution in [0.3, 0.4) is 0 Å². The van der Waals surface area contributed by atoms with Crippen LogP contribution in [-0.4, -0.2) is 44.5 Å². The second-order valence-corrected chi connectivity index (χ2v) is 2.86. The first-order valence-electron chi connectivity index (χ1n) is 4.24. The number of amides is 1. The maximum absolute atomic E-state index is 11.2. The summed E-state index contributed by atoms with van der Waals surface area (Å²) in [6.07, 6.45) is 1.55. The molecule has 7 heteroatoms. The number of hydrogen-bond acceptors (Lipinski definition) is 4. The van der Waals surface area contributed by atoms with Gasteiger partial charge in [0.15, 0.2) is 6.10 Å². The predicted octanol–water partition coefficient (Wildman–Crippen LogP) is -1.56. The zero-order valence-corrected chi connectivity index (χ0v) is 7.83. The molecule has 0 aliphatic carbocycles. The zero-order chi connectivity index (χ0) is 11.3. The van der Waals surface area contributed by atoms with Gasteiger partial charge < -0.3 is 15.5 Å². The Balaban J connectivity index is 2.28. The standard InChI is InChI=1S/C8H11N3O4/c12-6(8(14)15)4-9-7(13)5-11-3-1-2-10-11/h1-3,6,12H,4-5H2,(H,9,13)(H,14,15)/t6-/m0/s1. The number of carboxylic acid groups (broad SMARTS) is 1. The van der Waals surface area contributed by atoms with Gasteiger partial charge in [0.05, 0.1) is 6.54 Å². The first-order valence-corrected chi connectivity index (χ1v) is 4.24. The van der Waals surface area contributed by atoms with Gasteiger partial charge in [0.1, 0.15) is 6.54 Å². The third kappa shape index (κ3) is 3.77. The zero-order valence-electron chi connectivity index (χ0n) is 7.83. The van der Waals surface area contributed by atoms with E-state index in [0.29, 0.717) is 0 Å². The van der Waals surface area contributed by atoms with Crippen LogP contribution in [0.2, 0.25) is 0 Å². The molecule has 1 atom stereocenters. The topological polar surface area (TPSA) is 104 Å². The molecule has 0 aromatic carbocycles. The molecule has 0 saturated heterocycles. The molecule has 1 amide bonds. The van der Waals surface area contributed by atoms with E-state index < -0.39 is 18.0 Å². The lowest BCUT2D eigenvalue weighted by molar-refractivity contribution is -0.146. The monoisotopic (exact) mass is 213 g/mol. The Labute approximate surface area is 85.3 Å². The van der Waals surface area contributed by atoms with Crippen molar-refractivity contribution in [2.24, 2.45) is 0 Å². The lowest BCUT2D eigenvalue weighted by atomic mass is 10.3. The van der Waals surface area contributed by atoms with Gasteiger partial charge in [0, 0.05) is 12.4 Å². The van der Waals surface area contributed by atoms with Gasteiger partial charge in [-0.05, 0) is 6.07 Å². The summed E-state index contributed by atoms with van der Waals surface area (Å²) in [5.74, 6) is -1.77. The van der Waals surface area contributed by atoms with Crippen LogP contribution in [0.4, 0.5) is 0 Å². The Kier molecular flexibility index (Phi) is 3.81. The highest BCUT2D eigenvalue weighted by molar-refractivity contribution is 5.77. The van der Waals surface area contributed by atoms with Crippen LogP contribution < -0.4 is 5.32 Å². The molecule has 82 valence electrons. The van der Waals surface area contributed by atoms with Crippen molar-refractivity contribution in [1.82, 2.24) is 15.1 Å². The minimum atomic E-state index is -1.58. The molecule has 0 unspecified atom stereocenters. The number of aliphatic carboxylic acids is 1. The maximum atomic E-state index is 11.2. The Morgan fingerprint density at radius 2 is 2.27 bits per heavy atom. The molecule has 3 N–H and O–H groups in total. The normalized spacial score (nSPS) is 12.1. The van der Waals surface area contributed by atoms with Crippen molar-refractivity contribution in [3.8, 4) is 0 Å². The van der Waals surface area contributed by atoms with Crippen LogP contribution in [0.5, 0.6) is 0 Å². The highest BCUT2D eigenvalue weighted by atomic mass is 16.4. The summed E-state index contributed by atoms with van der Waals surface area (Å²) in [6.45, 7) is -0.311. The highest BCUT2D eigenvalue weighted by Gasteiger charge is 2.13. The van der Waals surface area contributed by atoms with Crippen LogP contribution in [0.1, 0.15) is 0 Å². The molecule has 7 nitrogen and oxygen atoms in total. The fraction of sp³-hybridized carbons (Fsp3) is 0.375. The first-order chi connectivity index (χ1) is 7.09. The second kappa shape index (κ2) is 5.11. The van der Waals surface area contributed by atoms with E-state index >= 15 is 0 Å².